The van der Waals surface area contributed by atoms with Gasteiger partial charge in [0.25, 0.3) is 0 Å². The number of thiazole rings is 1. The standard InChI is InChI=1S/C23H21F3N4O2S/c1-13(32-3)20-16(12-27-22-21(20)29-14(2)33-22)11-17(31)9-15-5-6-19(30-8-4-7-28-30)18(10-15)23(24,25)26/h4-8,10,12-13H,9,11H2,1-3H3/t13-/m0/s1. The number of hydrogen-bond acceptors (Lipinski definition) is 6. The molecule has 0 aliphatic heterocycles. The summed E-state index contributed by atoms with van der Waals surface area (Å²) in [7, 11) is 1.57. The van der Waals surface area contributed by atoms with Gasteiger partial charge in [-0.3, -0.25) is 4.79 Å². The first kappa shape index (κ1) is 23.1. The maximum Gasteiger partial charge on any atom is 0.418 e. The summed E-state index contributed by atoms with van der Waals surface area (Å²) < 4.78 is 47.7. The Morgan fingerprint density at radius 1 is 1.27 bits per heavy atom. The Morgan fingerprint density at radius 3 is 2.73 bits per heavy atom. The van der Waals surface area contributed by atoms with Crippen LogP contribution in [0.4, 0.5) is 13.2 Å². The summed E-state index contributed by atoms with van der Waals surface area (Å²) in [4.78, 5) is 22.6. The van der Waals surface area contributed by atoms with Gasteiger partial charge >= 0.3 is 6.18 Å². The molecule has 0 spiro atoms. The maximum absolute atomic E-state index is 13.7. The van der Waals surface area contributed by atoms with Crippen molar-refractivity contribution >= 4 is 27.5 Å². The van der Waals surface area contributed by atoms with Crippen molar-refractivity contribution in [1.82, 2.24) is 19.7 Å². The zero-order chi connectivity index (χ0) is 23.8. The van der Waals surface area contributed by atoms with Crippen molar-refractivity contribution in [3.8, 4) is 5.69 Å². The predicted octanol–water partition coefficient (Wildman–Crippen LogP) is 5.27. The summed E-state index contributed by atoms with van der Waals surface area (Å²) in [5, 5.41) is 4.74. The average Bonchev–Trinajstić information content (AvgIpc) is 3.41. The quantitative estimate of drug-likeness (QED) is 0.365. The molecule has 172 valence electrons. The van der Waals surface area contributed by atoms with Gasteiger partial charge in [-0.1, -0.05) is 17.4 Å². The van der Waals surface area contributed by atoms with Gasteiger partial charge in [0.1, 0.15) is 16.1 Å². The van der Waals surface area contributed by atoms with E-state index in [1.165, 1.54) is 35.9 Å². The van der Waals surface area contributed by atoms with Gasteiger partial charge in [0.05, 0.1) is 22.4 Å². The molecule has 3 aromatic heterocycles. The highest BCUT2D eigenvalue weighted by Gasteiger charge is 2.34. The lowest BCUT2D eigenvalue weighted by Crippen LogP contribution is -2.14. The first-order chi connectivity index (χ1) is 15.7. The van der Waals surface area contributed by atoms with E-state index in [4.69, 9.17) is 4.74 Å². The van der Waals surface area contributed by atoms with Gasteiger partial charge in [-0.25, -0.2) is 14.6 Å². The number of pyridine rings is 1. The minimum atomic E-state index is -4.58. The van der Waals surface area contributed by atoms with E-state index in [-0.39, 0.29) is 36.0 Å². The number of fused-ring (bicyclic) bond motifs is 1. The second-order valence-corrected chi connectivity index (χ2v) is 8.84. The van der Waals surface area contributed by atoms with Crippen LogP contribution in [0.1, 0.15) is 40.3 Å². The Labute approximate surface area is 192 Å². The number of rotatable bonds is 7. The Kier molecular flexibility index (Phi) is 6.31. The van der Waals surface area contributed by atoms with E-state index < -0.39 is 11.7 Å². The van der Waals surface area contributed by atoms with E-state index in [9.17, 15) is 18.0 Å². The topological polar surface area (TPSA) is 69.9 Å². The molecule has 0 amide bonds. The number of aryl methyl sites for hydroxylation is 1. The fourth-order valence-corrected chi connectivity index (χ4v) is 4.56. The lowest BCUT2D eigenvalue weighted by molar-refractivity contribution is -0.137. The van der Waals surface area contributed by atoms with Gasteiger partial charge in [-0.2, -0.15) is 18.3 Å². The molecule has 1 atom stereocenters. The largest absolute Gasteiger partial charge is 0.418 e. The van der Waals surface area contributed by atoms with Crippen LogP contribution in [0.15, 0.2) is 42.9 Å². The molecule has 10 heteroatoms. The van der Waals surface area contributed by atoms with Crippen LogP contribution >= 0.6 is 11.3 Å². The van der Waals surface area contributed by atoms with Crippen LogP contribution in [0.25, 0.3) is 16.0 Å². The molecule has 0 aliphatic rings. The third-order valence-electron chi connectivity index (χ3n) is 5.32. The van der Waals surface area contributed by atoms with Crippen molar-refractivity contribution in [2.75, 3.05) is 7.11 Å². The number of carbonyl (C=O) groups is 1. The average molecular weight is 475 g/mol. The van der Waals surface area contributed by atoms with E-state index in [2.05, 4.69) is 15.1 Å². The number of ether oxygens (including phenoxy) is 1. The van der Waals surface area contributed by atoms with Crippen LogP contribution in [-0.2, 0) is 28.5 Å². The highest BCUT2D eigenvalue weighted by molar-refractivity contribution is 7.18. The fourth-order valence-electron chi connectivity index (χ4n) is 3.78. The highest BCUT2D eigenvalue weighted by atomic mass is 32.1. The van der Waals surface area contributed by atoms with Gasteiger partial charge in [0.15, 0.2) is 0 Å². The van der Waals surface area contributed by atoms with Crippen LogP contribution in [-0.4, -0.2) is 32.6 Å². The second kappa shape index (κ2) is 9.03. The summed E-state index contributed by atoms with van der Waals surface area (Å²) in [6.45, 7) is 3.74. The molecule has 0 fully saturated rings. The molecule has 6 nitrogen and oxygen atoms in total. The first-order valence-corrected chi connectivity index (χ1v) is 11.0. The van der Waals surface area contributed by atoms with Crippen LogP contribution in [0, 0.1) is 6.92 Å². The SMILES string of the molecule is CO[C@@H](C)c1c(CC(=O)Cc2ccc(-n3cccn3)c(C(F)(F)F)c2)cnc2sc(C)nc12. The highest BCUT2D eigenvalue weighted by Crippen LogP contribution is 2.35. The number of aromatic nitrogens is 4. The number of halogens is 3. The number of methoxy groups -OCH3 is 1. The molecule has 0 unspecified atom stereocenters. The van der Waals surface area contributed by atoms with Crippen molar-refractivity contribution in [1.29, 1.82) is 0 Å². The Morgan fingerprint density at radius 2 is 2.06 bits per heavy atom. The Balaban J connectivity index is 1.63. The Hall–Kier alpha value is -3.11. The van der Waals surface area contributed by atoms with Crippen LogP contribution in [0.5, 0.6) is 0 Å². The van der Waals surface area contributed by atoms with Crippen molar-refractivity contribution in [2.45, 2.75) is 39.0 Å². The molecule has 0 saturated heterocycles. The van der Waals surface area contributed by atoms with Crippen molar-refractivity contribution in [3.63, 3.8) is 0 Å². The third kappa shape index (κ3) is 4.81. The monoisotopic (exact) mass is 474 g/mol. The van der Waals surface area contributed by atoms with E-state index in [0.717, 1.165) is 26.1 Å². The van der Waals surface area contributed by atoms with Crippen LogP contribution in [0.3, 0.4) is 0 Å². The number of benzene rings is 1. The third-order valence-corrected chi connectivity index (χ3v) is 6.20. The van der Waals surface area contributed by atoms with Crippen LogP contribution in [0.2, 0.25) is 0 Å². The minimum absolute atomic E-state index is 0.0187. The van der Waals surface area contributed by atoms with Gasteiger partial charge in [-0.15, -0.1) is 0 Å². The number of Topliss-reactive ketones (excluding diaryl/α,β-unsaturated/α-hetero) is 1. The number of ketones is 1. The second-order valence-electron chi connectivity index (χ2n) is 7.65. The molecule has 4 rings (SSSR count). The molecule has 4 aromatic rings. The van der Waals surface area contributed by atoms with Crippen molar-refractivity contribution < 1.29 is 22.7 Å². The van der Waals surface area contributed by atoms with E-state index >= 15 is 0 Å². The molecule has 0 bridgehead atoms. The summed E-state index contributed by atoms with van der Waals surface area (Å²) in [5.74, 6) is -0.229. The van der Waals surface area contributed by atoms with Gasteiger partial charge in [-0.05, 0) is 43.2 Å². The lowest BCUT2D eigenvalue weighted by atomic mass is 9.96. The molecule has 0 aliphatic carbocycles. The molecule has 0 radical (unpaired) electrons. The van der Waals surface area contributed by atoms with Gasteiger partial charge < -0.3 is 4.74 Å². The molecule has 0 N–H and O–H groups in total. The molecule has 0 saturated carbocycles. The molecular weight excluding hydrogens is 453 g/mol. The lowest BCUT2D eigenvalue weighted by Gasteiger charge is -2.16. The molecular formula is C23H21F3N4O2S. The number of alkyl halides is 3. The predicted molar refractivity (Wildman–Crippen MR) is 119 cm³/mol. The number of hydrogen-bond donors (Lipinski definition) is 0. The number of carbonyl (C=O) groups excluding carboxylic acids is 1. The van der Waals surface area contributed by atoms with Crippen LogP contribution < -0.4 is 0 Å². The maximum atomic E-state index is 13.7. The summed E-state index contributed by atoms with van der Waals surface area (Å²) in [5.41, 5.74) is 1.49. The summed E-state index contributed by atoms with van der Waals surface area (Å²) in [6.07, 6.45) is -0.543. The molecule has 3 heterocycles. The smallest absolute Gasteiger partial charge is 0.377 e. The van der Waals surface area contributed by atoms with E-state index in [1.807, 2.05) is 13.8 Å². The van der Waals surface area contributed by atoms with E-state index in [0.29, 0.717) is 11.1 Å². The molecule has 1 aromatic carbocycles. The summed E-state index contributed by atoms with van der Waals surface area (Å²) >= 11 is 1.45. The fraction of sp³-hybridized carbons (Fsp3) is 0.304. The van der Waals surface area contributed by atoms with Crippen molar-refractivity contribution in [3.05, 3.63) is 70.1 Å². The zero-order valence-electron chi connectivity index (χ0n) is 18.2. The summed E-state index contributed by atoms with van der Waals surface area (Å²) in [6, 6.07) is 5.42. The van der Waals surface area contributed by atoms with Gasteiger partial charge in [0.2, 0.25) is 0 Å². The minimum Gasteiger partial charge on any atom is -0.377 e. The first-order valence-electron chi connectivity index (χ1n) is 10.2. The molecule has 33 heavy (non-hydrogen) atoms. The Bertz CT molecular complexity index is 1300. The van der Waals surface area contributed by atoms with Gasteiger partial charge in [0, 0.05) is 44.1 Å². The van der Waals surface area contributed by atoms with Crippen molar-refractivity contribution in [2.24, 2.45) is 0 Å². The zero-order valence-corrected chi connectivity index (χ0v) is 19.0. The number of nitrogens with zero attached hydrogens (tertiary/aromatic N) is 4. The van der Waals surface area contributed by atoms with E-state index in [1.54, 1.807) is 19.4 Å². The normalized spacial score (nSPS) is 12.9.